The SMILES string of the molecule is CCC(C)C(CO)NCc1ccc(C)o1. The van der Waals surface area contributed by atoms with E-state index in [1.54, 1.807) is 0 Å². The number of hydrogen-bond acceptors (Lipinski definition) is 3. The van der Waals surface area contributed by atoms with Crippen LogP contribution < -0.4 is 5.32 Å². The number of aryl methyl sites for hydroxylation is 1. The molecule has 2 atom stereocenters. The van der Waals surface area contributed by atoms with E-state index in [0.717, 1.165) is 17.9 Å². The van der Waals surface area contributed by atoms with Gasteiger partial charge >= 0.3 is 0 Å². The van der Waals surface area contributed by atoms with Gasteiger partial charge < -0.3 is 14.8 Å². The Hall–Kier alpha value is -0.800. The second-order valence-electron chi connectivity index (χ2n) is 4.07. The predicted octanol–water partition coefficient (Wildman–Crippen LogP) is 2.08. The number of aliphatic hydroxyl groups is 1. The molecule has 3 heteroatoms. The van der Waals surface area contributed by atoms with Crippen LogP contribution in [-0.2, 0) is 6.54 Å². The smallest absolute Gasteiger partial charge is 0.117 e. The van der Waals surface area contributed by atoms with Gasteiger partial charge in [0.1, 0.15) is 11.5 Å². The van der Waals surface area contributed by atoms with Crippen molar-refractivity contribution in [3.8, 4) is 0 Å². The maximum Gasteiger partial charge on any atom is 0.117 e. The highest BCUT2D eigenvalue weighted by atomic mass is 16.3. The maximum absolute atomic E-state index is 9.22. The molecule has 1 heterocycles. The second-order valence-corrected chi connectivity index (χ2v) is 4.07. The van der Waals surface area contributed by atoms with E-state index < -0.39 is 0 Å². The molecule has 3 nitrogen and oxygen atoms in total. The summed E-state index contributed by atoms with van der Waals surface area (Å²) in [6, 6.07) is 4.07. The minimum atomic E-state index is 0.153. The zero-order valence-electron chi connectivity index (χ0n) is 9.79. The normalized spacial score (nSPS) is 15.2. The van der Waals surface area contributed by atoms with Gasteiger partial charge in [0.05, 0.1) is 13.2 Å². The molecule has 2 unspecified atom stereocenters. The zero-order valence-corrected chi connectivity index (χ0v) is 9.79. The molecule has 2 N–H and O–H groups in total. The molecule has 1 aromatic heterocycles. The van der Waals surface area contributed by atoms with Gasteiger partial charge in [0.15, 0.2) is 0 Å². The van der Waals surface area contributed by atoms with Gasteiger partial charge in [-0.15, -0.1) is 0 Å². The first kappa shape index (κ1) is 12.3. The van der Waals surface area contributed by atoms with Crippen LogP contribution in [0.2, 0.25) is 0 Å². The standard InChI is InChI=1S/C12H21NO2/c1-4-9(2)12(8-14)13-7-11-6-5-10(3)15-11/h5-6,9,12-14H,4,7-8H2,1-3H3. The molecule has 0 bridgehead atoms. The molecule has 0 aromatic carbocycles. The molecule has 86 valence electrons. The maximum atomic E-state index is 9.22. The van der Waals surface area contributed by atoms with Gasteiger partial charge in [-0.3, -0.25) is 0 Å². The molecule has 0 saturated carbocycles. The first-order chi connectivity index (χ1) is 7.17. The van der Waals surface area contributed by atoms with Crippen molar-refractivity contribution in [2.24, 2.45) is 5.92 Å². The van der Waals surface area contributed by atoms with E-state index in [4.69, 9.17) is 4.42 Å². The third-order valence-corrected chi connectivity index (χ3v) is 2.86. The van der Waals surface area contributed by atoms with Crippen LogP contribution in [0.4, 0.5) is 0 Å². The minimum Gasteiger partial charge on any atom is -0.465 e. The average molecular weight is 211 g/mol. The Morgan fingerprint density at radius 2 is 2.20 bits per heavy atom. The van der Waals surface area contributed by atoms with Crippen molar-refractivity contribution >= 4 is 0 Å². The number of nitrogens with one attached hydrogen (secondary N) is 1. The van der Waals surface area contributed by atoms with Gasteiger partial charge in [0.2, 0.25) is 0 Å². The molecule has 0 spiro atoms. The number of furan rings is 1. The van der Waals surface area contributed by atoms with Crippen LogP contribution in [0.5, 0.6) is 0 Å². The summed E-state index contributed by atoms with van der Waals surface area (Å²) in [5.41, 5.74) is 0. The van der Waals surface area contributed by atoms with Crippen LogP contribution in [-0.4, -0.2) is 17.8 Å². The summed E-state index contributed by atoms with van der Waals surface area (Å²) in [4.78, 5) is 0. The highest BCUT2D eigenvalue weighted by Crippen LogP contribution is 2.10. The van der Waals surface area contributed by atoms with E-state index in [0.29, 0.717) is 12.5 Å². The van der Waals surface area contributed by atoms with Crippen LogP contribution in [0, 0.1) is 12.8 Å². The van der Waals surface area contributed by atoms with Crippen molar-refractivity contribution in [3.05, 3.63) is 23.7 Å². The second kappa shape index (κ2) is 5.93. The summed E-state index contributed by atoms with van der Waals surface area (Å²) in [5, 5.41) is 12.5. The van der Waals surface area contributed by atoms with Crippen LogP contribution in [0.25, 0.3) is 0 Å². The lowest BCUT2D eigenvalue weighted by atomic mass is 10.00. The molecular formula is C12H21NO2. The third kappa shape index (κ3) is 3.68. The van der Waals surface area contributed by atoms with Crippen LogP contribution in [0.3, 0.4) is 0 Å². The van der Waals surface area contributed by atoms with Gasteiger partial charge in [0, 0.05) is 6.04 Å². The van der Waals surface area contributed by atoms with Crippen molar-refractivity contribution in [1.82, 2.24) is 5.32 Å². The predicted molar refractivity (Wildman–Crippen MR) is 60.6 cm³/mol. The largest absolute Gasteiger partial charge is 0.465 e. The van der Waals surface area contributed by atoms with Gasteiger partial charge in [-0.2, -0.15) is 0 Å². The van der Waals surface area contributed by atoms with Gasteiger partial charge in [-0.1, -0.05) is 20.3 Å². The van der Waals surface area contributed by atoms with Crippen LogP contribution in [0.15, 0.2) is 16.5 Å². The highest BCUT2D eigenvalue weighted by molar-refractivity contribution is 5.05. The minimum absolute atomic E-state index is 0.153. The summed E-state index contributed by atoms with van der Waals surface area (Å²) in [6.45, 7) is 7.06. The first-order valence-corrected chi connectivity index (χ1v) is 5.57. The first-order valence-electron chi connectivity index (χ1n) is 5.57. The van der Waals surface area contributed by atoms with Gasteiger partial charge in [0.25, 0.3) is 0 Å². The lowest BCUT2D eigenvalue weighted by molar-refractivity contribution is 0.198. The summed E-state index contributed by atoms with van der Waals surface area (Å²) < 4.78 is 5.45. The molecule has 0 radical (unpaired) electrons. The molecule has 0 saturated heterocycles. The fourth-order valence-corrected chi connectivity index (χ4v) is 1.54. The molecule has 1 rings (SSSR count). The third-order valence-electron chi connectivity index (χ3n) is 2.86. The number of aliphatic hydroxyl groups excluding tert-OH is 1. The van der Waals surface area contributed by atoms with Crippen molar-refractivity contribution in [3.63, 3.8) is 0 Å². The van der Waals surface area contributed by atoms with Crippen molar-refractivity contribution in [2.45, 2.75) is 39.8 Å². The van der Waals surface area contributed by atoms with Gasteiger partial charge in [-0.25, -0.2) is 0 Å². The lowest BCUT2D eigenvalue weighted by Gasteiger charge is -2.21. The Kier molecular flexibility index (Phi) is 4.85. The van der Waals surface area contributed by atoms with E-state index in [-0.39, 0.29) is 12.6 Å². The molecule has 0 aliphatic rings. The molecule has 1 aromatic rings. The van der Waals surface area contributed by atoms with E-state index in [9.17, 15) is 5.11 Å². The lowest BCUT2D eigenvalue weighted by Crippen LogP contribution is -2.37. The topological polar surface area (TPSA) is 45.4 Å². The Morgan fingerprint density at radius 1 is 1.47 bits per heavy atom. The molecular weight excluding hydrogens is 190 g/mol. The van der Waals surface area contributed by atoms with Crippen molar-refractivity contribution < 1.29 is 9.52 Å². The monoisotopic (exact) mass is 211 g/mol. The van der Waals surface area contributed by atoms with E-state index >= 15 is 0 Å². The summed E-state index contributed by atoms with van der Waals surface area (Å²) >= 11 is 0. The molecule has 15 heavy (non-hydrogen) atoms. The molecule has 0 aliphatic carbocycles. The Morgan fingerprint density at radius 3 is 2.67 bits per heavy atom. The fourth-order valence-electron chi connectivity index (χ4n) is 1.54. The highest BCUT2D eigenvalue weighted by Gasteiger charge is 2.14. The summed E-state index contributed by atoms with van der Waals surface area (Å²) in [5.74, 6) is 2.33. The van der Waals surface area contributed by atoms with Crippen LogP contribution >= 0.6 is 0 Å². The Labute approximate surface area is 91.5 Å². The zero-order chi connectivity index (χ0) is 11.3. The molecule has 0 fully saturated rings. The van der Waals surface area contributed by atoms with E-state index in [2.05, 4.69) is 19.2 Å². The quantitative estimate of drug-likeness (QED) is 0.757. The Balaban J connectivity index is 2.40. The Bertz CT molecular complexity index is 283. The molecule has 0 aliphatic heterocycles. The summed E-state index contributed by atoms with van der Waals surface area (Å²) in [6.07, 6.45) is 1.06. The van der Waals surface area contributed by atoms with Crippen LogP contribution in [0.1, 0.15) is 31.8 Å². The fraction of sp³-hybridized carbons (Fsp3) is 0.667. The van der Waals surface area contributed by atoms with Gasteiger partial charge in [-0.05, 0) is 25.0 Å². The number of hydrogen-bond donors (Lipinski definition) is 2. The number of rotatable bonds is 6. The summed E-state index contributed by atoms with van der Waals surface area (Å²) in [7, 11) is 0. The average Bonchev–Trinajstić information content (AvgIpc) is 2.64. The van der Waals surface area contributed by atoms with Crippen molar-refractivity contribution in [1.29, 1.82) is 0 Å². The van der Waals surface area contributed by atoms with Crippen molar-refractivity contribution in [2.75, 3.05) is 6.61 Å². The molecule has 0 amide bonds. The van der Waals surface area contributed by atoms with E-state index in [1.807, 2.05) is 19.1 Å². The van der Waals surface area contributed by atoms with E-state index in [1.165, 1.54) is 0 Å².